The van der Waals surface area contributed by atoms with Crippen LogP contribution in [0.25, 0.3) is 0 Å². The van der Waals surface area contributed by atoms with Crippen LogP contribution in [0.3, 0.4) is 0 Å². The number of esters is 1. The third-order valence-electron chi connectivity index (χ3n) is 15.3. The molecule has 0 aromatic heterocycles. The molecular formula is C64H82N4O12. The van der Waals surface area contributed by atoms with Crippen molar-refractivity contribution < 1.29 is 57.3 Å². The number of hydrogen-bond donors (Lipinski definition) is 2. The fourth-order valence-electron chi connectivity index (χ4n) is 10.7. The molecule has 3 aliphatic rings. The number of unbranched alkanes of at least 4 members (excludes halogenated alkanes) is 5. The molecule has 0 aliphatic carbocycles. The second-order valence-corrected chi connectivity index (χ2v) is 21.2. The monoisotopic (exact) mass is 1100 g/mol. The van der Waals surface area contributed by atoms with Crippen molar-refractivity contribution in [2.45, 2.75) is 175 Å². The first-order chi connectivity index (χ1) is 38.5. The van der Waals surface area contributed by atoms with E-state index in [4.69, 9.17) is 18.9 Å². The van der Waals surface area contributed by atoms with Crippen LogP contribution in [0, 0.1) is 20.8 Å². The number of aryl methyl sites for hydroxylation is 4. The van der Waals surface area contributed by atoms with Crippen molar-refractivity contribution in [1.82, 2.24) is 20.4 Å². The summed E-state index contributed by atoms with van der Waals surface area (Å²) in [6.45, 7) is 13.4. The lowest BCUT2D eigenvalue weighted by molar-refractivity contribution is -0.162. The van der Waals surface area contributed by atoms with Gasteiger partial charge >= 0.3 is 5.97 Å². The number of amides is 6. The largest absolute Gasteiger partial charge is 0.493 e. The van der Waals surface area contributed by atoms with E-state index >= 15 is 0 Å². The highest BCUT2D eigenvalue weighted by molar-refractivity contribution is 6.24. The number of rotatable bonds is 26. The molecule has 16 nitrogen and oxygen atoms in total. The molecule has 4 aromatic carbocycles. The van der Waals surface area contributed by atoms with Crippen molar-refractivity contribution in [3.05, 3.63) is 123 Å². The average molecular weight is 1100 g/mol. The molecule has 2 unspecified atom stereocenters. The fraction of sp³-hybridized carbons (Fsp3) is 0.500. The summed E-state index contributed by atoms with van der Waals surface area (Å²) in [5.74, 6) is -1.52. The smallest absolute Gasteiger partial charge is 0.329 e. The number of carbonyl (C=O) groups is 8. The minimum absolute atomic E-state index is 0.0155. The van der Waals surface area contributed by atoms with Gasteiger partial charge < -0.3 is 29.2 Å². The second kappa shape index (κ2) is 30.3. The highest BCUT2D eigenvalue weighted by Crippen LogP contribution is 2.38. The number of piperidine rings is 2. The first kappa shape index (κ1) is 61.8. The van der Waals surface area contributed by atoms with E-state index in [0.717, 1.165) is 72.1 Å². The van der Waals surface area contributed by atoms with Gasteiger partial charge in [-0.3, -0.25) is 43.8 Å². The lowest BCUT2D eigenvalue weighted by Gasteiger charge is -2.37. The number of benzene rings is 4. The summed E-state index contributed by atoms with van der Waals surface area (Å²) in [7, 11) is 3.20. The van der Waals surface area contributed by atoms with Crippen LogP contribution in [0.15, 0.2) is 72.8 Å². The van der Waals surface area contributed by atoms with Crippen molar-refractivity contribution in [2.24, 2.45) is 0 Å². The van der Waals surface area contributed by atoms with Gasteiger partial charge in [0.15, 0.2) is 17.3 Å². The maximum atomic E-state index is 14.3. The molecule has 0 spiro atoms. The van der Waals surface area contributed by atoms with Gasteiger partial charge in [0.1, 0.15) is 30.5 Å². The molecule has 2 saturated heterocycles. The Hall–Kier alpha value is -7.36. The van der Waals surface area contributed by atoms with E-state index in [-0.39, 0.29) is 54.6 Å². The van der Waals surface area contributed by atoms with Crippen molar-refractivity contribution in [3.63, 3.8) is 0 Å². The van der Waals surface area contributed by atoms with Gasteiger partial charge in [-0.05, 0) is 142 Å². The third-order valence-corrected chi connectivity index (χ3v) is 15.3. The number of methoxy groups -OCH3 is 2. The molecule has 80 heavy (non-hydrogen) atoms. The number of carbonyl (C=O) groups excluding carboxylic acids is 8. The van der Waals surface area contributed by atoms with Gasteiger partial charge in [0.2, 0.25) is 23.6 Å². The number of ketones is 1. The summed E-state index contributed by atoms with van der Waals surface area (Å²) >= 11 is 0. The number of nitrogens with zero attached hydrogens (tertiary/aromatic N) is 2. The first-order valence-electron chi connectivity index (χ1n) is 28.7. The predicted octanol–water partition coefficient (Wildman–Crippen LogP) is 10.3. The SMILES string of the molecule is CCCCCCCC(=O)COc1cccc(C(CCc2ccc(C)c(C)c2)OC(=O)[C@@H]2CCCCN2C(=O)[C@@H](CC)c2cc(C)c(OC)c(OC)c2)c1.CCCCNC(=O)Cc1cccc2c1C(=O)N(C1CCC(=O)NC1=O)C2=O. The molecule has 3 heterocycles. The quantitative estimate of drug-likeness (QED) is 0.0343. The van der Waals surface area contributed by atoms with Crippen LogP contribution in [-0.2, 0) is 46.3 Å². The Morgan fingerprint density at radius 1 is 0.762 bits per heavy atom. The normalized spacial score (nSPS) is 16.6. The van der Waals surface area contributed by atoms with E-state index in [9.17, 15) is 38.4 Å². The van der Waals surface area contributed by atoms with E-state index < -0.39 is 53.7 Å². The fourth-order valence-corrected chi connectivity index (χ4v) is 10.7. The summed E-state index contributed by atoms with van der Waals surface area (Å²) in [6, 6.07) is 20.9. The molecule has 0 bridgehead atoms. The molecule has 2 fully saturated rings. The molecule has 6 amide bonds. The number of hydrogen-bond acceptors (Lipinski definition) is 12. The van der Waals surface area contributed by atoms with Gasteiger partial charge in [-0.2, -0.15) is 0 Å². The van der Waals surface area contributed by atoms with Crippen molar-refractivity contribution in [3.8, 4) is 17.2 Å². The van der Waals surface area contributed by atoms with Crippen molar-refractivity contribution in [1.29, 1.82) is 0 Å². The average Bonchev–Trinajstić information content (AvgIpc) is 3.89. The zero-order chi connectivity index (χ0) is 57.9. The van der Waals surface area contributed by atoms with Gasteiger partial charge in [0.25, 0.3) is 11.8 Å². The minimum Gasteiger partial charge on any atom is -0.493 e. The molecule has 430 valence electrons. The van der Waals surface area contributed by atoms with Crippen LogP contribution in [0.4, 0.5) is 0 Å². The molecule has 4 atom stereocenters. The van der Waals surface area contributed by atoms with Crippen LogP contribution in [0.1, 0.15) is 189 Å². The summed E-state index contributed by atoms with van der Waals surface area (Å²) in [5, 5.41) is 4.95. The van der Waals surface area contributed by atoms with Crippen LogP contribution in [0.2, 0.25) is 0 Å². The van der Waals surface area contributed by atoms with Crippen LogP contribution in [0.5, 0.6) is 17.2 Å². The summed E-state index contributed by atoms with van der Waals surface area (Å²) in [5.41, 5.74) is 6.93. The maximum absolute atomic E-state index is 14.3. The number of likely N-dealkylation sites (tertiary alicyclic amines) is 1. The van der Waals surface area contributed by atoms with Gasteiger partial charge in [-0.1, -0.05) is 101 Å². The van der Waals surface area contributed by atoms with Crippen LogP contribution < -0.4 is 24.8 Å². The molecule has 2 N–H and O–H groups in total. The predicted molar refractivity (Wildman–Crippen MR) is 305 cm³/mol. The zero-order valence-electron chi connectivity index (χ0n) is 48.2. The highest BCUT2D eigenvalue weighted by atomic mass is 16.5. The van der Waals surface area contributed by atoms with Crippen LogP contribution >= 0.6 is 0 Å². The Morgan fingerprint density at radius 3 is 2.24 bits per heavy atom. The Bertz CT molecular complexity index is 2860. The Labute approximate surface area is 472 Å². The molecule has 16 heteroatoms. The molecule has 4 aromatic rings. The summed E-state index contributed by atoms with van der Waals surface area (Å²) in [6.07, 6.45) is 11.4. The molecule has 7 rings (SSSR count). The molecular weight excluding hydrogens is 1020 g/mol. The van der Waals surface area contributed by atoms with E-state index in [1.807, 2.05) is 57.2 Å². The number of nitrogens with one attached hydrogen (secondary N) is 2. The Kier molecular flexibility index (Phi) is 23.4. The summed E-state index contributed by atoms with van der Waals surface area (Å²) in [4.78, 5) is 105. The van der Waals surface area contributed by atoms with Crippen molar-refractivity contribution >= 4 is 47.2 Å². The van der Waals surface area contributed by atoms with E-state index in [1.54, 1.807) is 31.3 Å². The maximum Gasteiger partial charge on any atom is 0.329 e. The van der Waals surface area contributed by atoms with E-state index in [1.165, 1.54) is 30.0 Å². The van der Waals surface area contributed by atoms with Gasteiger partial charge in [0.05, 0.1) is 37.7 Å². The van der Waals surface area contributed by atoms with Gasteiger partial charge in [-0.25, -0.2) is 4.79 Å². The molecule has 3 aliphatic heterocycles. The lowest BCUT2D eigenvalue weighted by Crippen LogP contribution is -2.54. The summed E-state index contributed by atoms with van der Waals surface area (Å²) < 4.78 is 23.5. The molecule has 0 radical (unpaired) electrons. The standard InChI is InChI=1S/C45H61NO7.C19H21N3O5/c1-8-10-11-12-13-18-37(47)30-52-38-19-16-17-35(28-38)41(24-23-34-22-21-31(3)32(4)26-34)53-45(49)40-20-14-15-25-46(40)44(48)39(9-2)36-27-33(5)43(51-7)42(29-36)50-6;1-2-3-9-20-15(24)10-11-5-4-6-12-16(11)19(27)22(18(12)26)13-7-8-14(23)21-17(13)25/h16-17,19,21-22,26-29,39-41H,8-15,18,20,23-25,30H2,1-7H3;4-6,13H,2-3,7-10H2,1H3,(H,20,24)(H,21,23,25)/t39-,40-,41?;/m0./s1. The second-order valence-electron chi connectivity index (χ2n) is 21.2. The minimum atomic E-state index is -1.01. The first-order valence-corrected chi connectivity index (χ1v) is 28.7. The number of ether oxygens (including phenoxy) is 4. The lowest BCUT2D eigenvalue weighted by atomic mass is 9.91. The number of Topliss-reactive ketones (excluding diaryl/α,β-unsaturated/α-hetero) is 1. The van der Waals surface area contributed by atoms with Crippen molar-refractivity contribution in [2.75, 3.05) is 33.9 Å². The molecule has 0 saturated carbocycles. The Balaban J connectivity index is 0.000000318. The van der Waals surface area contributed by atoms with Gasteiger partial charge in [0, 0.05) is 25.9 Å². The topological polar surface area (TPSA) is 204 Å². The number of fused-ring (bicyclic) bond motifs is 1. The van der Waals surface area contributed by atoms with Crippen LogP contribution in [-0.4, -0.2) is 103 Å². The Morgan fingerprint density at radius 2 is 1.52 bits per heavy atom. The number of imide groups is 2. The highest BCUT2D eigenvalue weighted by Gasteiger charge is 2.46. The van der Waals surface area contributed by atoms with Gasteiger partial charge in [-0.15, -0.1) is 0 Å². The van der Waals surface area contributed by atoms with E-state index in [2.05, 4.69) is 49.6 Å². The zero-order valence-corrected chi connectivity index (χ0v) is 48.2. The third kappa shape index (κ3) is 16.2. The van der Waals surface area contributed by atoms with E-state index in [0.29, 0.717) is 68.0 Å².